The van der Waals surface area contributed by atoms with Crippen LogP contribution in [0.15, 0.2) is 0 Å². The van der Waals surface area contributed by atoms with Gasteiger partial charge in [0.05, 0.1) is 6.10 Å². The van der Waals surface area contributed by atoms with E-state index in [0.29, 0.717) is 0 Å². The van der Waals surface area contributed by atoms with Crippen LogP contribution in [0.2, 0.25) is 0 Å². The van der Waals surface area contributed by atoms with E-state index in [1.165, 1.54) is 0 Å². The van der Waals surface area contributed by atoms with Crippen molar-refractivity contribution in [1.82, 2.24) is 5.32 Å². The van der Waals surface area contributed by atoms with Crippen molar-refractivity contribution in [1.29, 1.82) is 0 Å². The van der Waals surface area contributed by atoms with Crippen LogP contribution in [-0.2, 0) is 4.74 Å². The predicted octanol–water partition coefficient (Wildman–Crippen LogP) is -0.288. The van der Waals surface area contributed by atoms with Crippen LogP contribution in [0, 0.1) is 0 Å². The van der Waals surface area contributed by atoms with E-state index in [9.17, 15) is 0 Å². The third kappa shape index (κ3) is 1.94. The SMILES string of the molecule is CCOC1CNCCC1N. The topological polar surface area (TPSA) is 47.3 Å². The molecule has 1 saturated heterocycles. The lowest BCUT2D eigenvalue weighted by atomic mass is 10.1. The molecule has 3 heteroatoms. The Morgan fingerprint density at radius 2 is 2.50 bits per heavy atom. The number of piperidine rings is 1. The molecule has 1 aliphatic rings. The van der Waals surface area contributed by atoms with Crippen molar-refractivity contribution in [2.45, 2.75) is 25.5 Å². The minimum atomic E-state index is 0.235. The van der Waals surface area contributed by atoms with Gasteiger partial charge in [-0.25, -0.2) is 0 Å². The van der Waals surface area contributed by atoms with E-state index in [4.69, 9.17) is 10.5 Å². The van der Waals surface area contributed by atoms with Crippen molar-refractivity contribution in [3.8, 4) is 0 Å². The molecule has 2 unspecified atom stereocenters. The second-order valence-electron chi connectivity index (χ2n) is 2.65. The number of hydrogen-bond acceptors (Lipinski definition) is 3. The predicted molar refractivity (Wildman–Crippen MR) is 40.9 cm³/mol. The summed E-state index contributed by atoms with van der Waals surface area (Å²) in [6.45, 7) is 4.71. The number of rotatable bonds is 2. The molecule has 0 bridgehead atoms. The molecule has 0 amide bonds. The standard InChI is InChI=1S/C7H16N2O/c1-2-10-7-5-9-4-3-6(7)8/h6-7,9H,2-5,8H2,1H3. The van der Waals surface area contributed by atoms with Gasteiger partial charge in [-0.05, 0) is 19.9 Å². The van der Waals surface area contributed by atoms with Crippen LogP contribution in [0.1, 0.15) is 13.3 Å². The van der Waals surface area contributed by atoms with Crippen LogP contribution in [0.25, 0.3) is 0 Å². The zero-order valence-corrected chi connectivity index (χ0v) is 6.47. The average Bonchev–Trinajstić information content (AvgIpc) is 1.94. The molecule has 1 heterocycles. The second-order valence-corrected chi connectivity index (χ2v) is 2.65. The molecule has 1 aliphatic heterocycles. The molecule has 1 rings (SSSR count). The molecule has 3 nitrogen and oxygen atoms in total. The van der Waals surface area contributed by atoms with Crippen molar-refractivity contribution in [3.63, 3.8) is 0 Å². The number of nitrogens with two attached hydrogens (primary N) is 1. The lowest BCUT2D eigenvalue weighted by Gasteiger charge is -2.28. The summed E-state index contributed by atoms with van der Waals surface area (Å²) in [6, 6.07) is 0.237. The molecule has 0 aliphatic carbocycles. The Bertz CT molecular complexity index is 95.6. The highest BCUT2D eigenvalue weighted by molar-refractivity contribution is 4.80. The van der Waals surface area contributed by atoms with Crippen LogP contribution in [0.3, 0.4) is 0 Å². The molecule has 3 N–H and O–H groups in total. The molecule has 0 aromatic heterocycles. The Hall–Kier alpha value is -0.120. The van der Waals surface area contributed by atoms with Gasteiger partial charge in [0, 0.05) is 19.2 Å². The van der Waals surface area contributed by atoms with Gasteiger partial charge >= 0.3 is 0 Å². The average molecular weight is 144 g/mol. The van der Waals surface area contributed by atoms with E-state index in [1.807, 2.05) is 6.92 Å². The van der Waals surface area contributed by atoms with E-state index in [1.54, 1.807) is 0 Å². The first-order chi connectivity index (χ1) is 4.84. The fraction of sp³-hybridized carbons (Fsp3) is 1.00. The van der Waals surface area contributed by atoms with Gasteiger partial charge in [-0.2, -0.15) is 0 Å². The highest BCUT2D eigenvalue weighted by Crippen LogP contribution is 2.04. The van der Waals surface area contributed by atoms with Crippen molar-refractivity contribution in [2.24, 2.45) is 5.73 Å². The third-order valence-electron chi connectivity index (χ3n) is 1.86. The highest BCUT2D eigenvalue weighted by Gasteiger charge is 2.20. The summed E-state index contributed by atoms with van der Waals surface area (Å²) in [5.74, 6) is 0. The zero-order valence-electron chi connectivity index (χ0n) is 6.47. The summed E-state index contributed by atoms with van der Waals surface area (Å²) < 4.78 is 5.41. The molecule has 10 heavy (non-hydrogen) atoms. The van der Waals surface area contributed by atoms with Crippen molar-refractivity contribution >= 4 is 0 Å². The maximum absolute atomic E-state index is 5.80. The van der Waals surface area contributed by atoms with Gasteiger partial charge in [0.15, 0.2) is 0 Å². The first kappa shape index (κ1) is 7.98. The molecule has 0 radical (unpaired) electrons. The summed E-state index contributed by atoms with van der Waals surface area (Å²) >= 11 is 0. The van der Waals surface area contributed by atoms with Crippen molar-refractivity contribution < 1.29 is 4.74 Å². The third-order valence-corrected chi connectivity index (χ3v) is 1.86. The van der Waals surface area contributed by atoms with Crippen LogP contribution in [0.5, 0.6) is 0 Å². The molecular formula is C7H16N2O. The maximum atomic E-state index is 5.80. The van der Waals surface area contributed by atoms with Crippen LogP contribution >= 0.6 is 0 Å². The lowest BCUT2D eigenvalue weighted by molar-refractivity contribution is 0.0319. The maximum Gasteiger partial charge on any atom is 0.0850 e. The molecule has 0 aromatic rings. The second kappa shape index (κ2) is 3.91. The first-order valence-electron chi connectivity index (χ1n) is 3.92. The molecule has 60 valence electrons. The van der Waals surface area contributed by atoms with Gasteiger partial charge in [-0.15, -0.1) is 0 Å². The quantitative estimate of drug-likeness (QED) is 0.560. The van der Waals surface area contributed by atoms with Gasteiger partial charge in [0.25, 0.3) is 0 Å². The summed E-state index contributed by atoms with van der Waals surface area (Å²) in [5.41, 5.74) is 5.80. The number of nitrogens with one attached hydrogen (secondary N) is 1. The molecule has 0 spiro atoms. The Morgan fingerprint density at radius 1 is 1.70 bits per heavy atom. The lowest BCUT2D eigenvalue weighted by Crippen LogP contribution is -2.49. The normalized spacial score (nSPS) is 34.2. The van der Waals surface area contributed by atoms with Crippen LogP contribution < -0.4 is 11.1 Å². The van der Waals surface area contributed by atoms with Crippen LogP contribution in [0.4, 0.5) is 0 Å². The Balaban J connectivity index is 2.25. The first-order valence-corrected chi connectivity index (χ1v) is 3.92. The molecule has 0 saturated carbocycles. The number of ether oxygens (including phenoxy) is 1. The minimum Gasteiger partial charge on any atom is -0.376 e. The van der Waals surface area contributed by atoms with E-state index >= 15 is 0 Å². The molecule has 2 atom stereocenters. The largest absolute Gasteiger partial charge is 0.376 e. The molecule has 0 aromatic carbocycles. The summed E-state index contributed by atoms with van der Waals surface area (Å²) in [7, 11) is 0. The van der Waals surface area contributed by atoms with E-state index in [0.717, 1.165) is 26.1 Å². The van der Waals surface area contributed by atoms with E-state index in [2.05, 4.69) is 5.32 Å². The van der Waals surface area contributed by atoms with Gasteiger partial charge in [0.1, 0.15) is 0 Å². The summed E-state index contributed by atoms with van der Waals surface area (Å²) in [6.07, 6.45) is 1.27. The molecular weight excluding hydrogens is 128 g/mol. The Morgan fingerprint density at radius 3 is 3.10 bits per heavy atom. The fourth-order valence-electron chi connectivity index (χ4n) is 1.25. The Labute approximate surface area is 61.9 Å². The monoisotopic (exact) mass is 144 g/mol. The van der Waals surface area contributed by atoms with Crippen molar-refractivity contribution in [3.05, 3.63) is 0 Å². The van der Waals surface area contributed by atoms with Gasteiger partial charge in [0.2, 0.25) is 0 Å². The van der Waals surface area contributed by atoms with Crippen LogP contribution in [-0.4, -0.2) is 31.8 Å². The summed E-state index contributed by atoms with van der Waals surface area (Å²) in [4.78, 5) is 0. The number of hydrogen-bond donors (Lipinski definition) is 2. The Kier molecular flexibility index (Phi) is 3.12. The van der Waals surface area contributed by atoms with Gasteiger partial charge in [-0.3, -0.25) is 0 Å². The minimum absolute atomic E-state index is 0.235. The summed E-state index contributed by atoms with van der Waals surface area (Å²) in [5, 5.41) is 3.25. The highest BCUT2D eigenvalue weighted by atomic mass is 16.5. The van der Waals surface area contributed by atoms with E-state index in [-0.39, 0.29) is 12.1 Å². The van der Waals surface area contributed by atoms with Crippen molar-refractivity contribution in [2.75, 3.05) is 19.7 Å². The van der Waals surface area contributed by atoms with E-state index < -0.39 is 0 Å². The smallest absolute Gasteiger partial charge is 0.0850 e. The zero-order chi connectivity index (χ0) is 7.40. The fourth-order valence-corrected chi connectivity index (χ4v) is 1.25. The van der Waals surface area contributed by atoms with Gasteiger partial charge < -0.3 is 15.8 Å². The van der Waals surface area contributed by atoms with Gasteiger partial charge in [-0.1, -0.05) is 0 Å². The molecule has 1 fully saturated rings.